The molecule has 3 heterocycles. The van der Waals surface area contributed by atoms with Crippen molar-refractivity contribution in [3.8, 4) is 22.5 Å². The highest BCUT2D eigenvalue weighted by Gasteiger charge is 2.38. The molecule has 0 saturated heterocycles. The summed E-state index contributed by atoms with van der Waals surface area (Å²) in [5.41, 5.74) is -1.69. The lowest BCUT2D eigenvalue weighted by Gasteiger charge is -2.12. The first-order valence-electron chi connectivity index (χ1n) is 14.3. The van der Waals surface area contributed by atoms with Gasteiger partial charge in [0.25, 0.3) is 32.1 Å². The molecule has 2 aromatic heterocycles. The van der Waals surface area contributed by atoms with Crippen LogP contribution in [-0.4, -0.2) is 76.2 Å². The number of aromatic nitrogens is 6. The van der Waals surface area contributed by atoms with Gasteiger partial charge in [0, 0.05) is 11.1 Å². The SMILES string of the molecule is O=C(Nc1cc2c(cc1S(=O)(=O)O)-c1cc(S(=O)(=O)O)c(NC(=O)c3cnn(-c4ccccc4)n3)cc1S2(=O)=O)c1cnn(-c2ccccc2)n1. The molecule has 0 fully saturated rings. The largest absolute Gasteiger partial charge is 0.319 e. The van der Waals surface area contributed by atoms with Crippen molar-refractivity contribution in [2.45, 2.75) is 19.6 Å². The fraction of sp³-hybridized carbons (Fsp3) is 0. The minimum atomic E-state index is -5.16. The number of carbonyl (C=O) groups is 2. The Labute approximate surface area is 287 Å². The fourth-order valence-electron chi connectivity index (χ4n) is 5.20. The zero-order valence-corrected chi connectivity index (χ0v) is 27.8. The highest BCUT2D eigenvalue weighted by Crippen LogP contribution is 2.48. The lowest BCUT2D eigenvalue weighted by molar-refractivity contribution is 0.101. The van der Waals surface area contributed by atoms with Gasteiger partial charge in [0.2, 0.25) is 9.84 Å². The maximum absolute atomic E-state index is 13.8. The molecule has 0 aliphatic carbocycles. The lowest BCUT2D eigenvalue weighted by Crippen LogP contribution is -2.16. The Morgan fingerprint density at radius 3 is 1.33 bits per heavy atom. The fourth-order valence-corrected chi connectivity index (χ4v) is 8.21. The van der Waals surface area contributed by atoms with E-state index in [1.165, 1.54) is 0 Å². The number of rotatable bonds is 8. The smallest absolute Gasteiger partial charge is 0.296 e. The number of sulfone groups is 1. The second kappa shape index (κ2) is 12.0. The molecule has 7 rings (SSSR count). The molecule has 0 bridgehead atoms. The zero-order valence-electron chi connectivity index (χ0n) is 25.3. The van der Waals surface area contributed by atoms with Crippen molar-refractivity contribution in [2.75, 3.05) is 10.6 Å². The number of carbonyl (C=O) groups excluding carboxylic acids is 2. The average Bonchev–Trinajstić information content (AvgIpc) is 3.83. The average molecular weight is 749 g/mol. The number of benzene rings is 4. The molecular weight excluding hydrogens is 729 g/mol. The quantitative estimate of drug-likeness (QED) is 0.163. The van der Waals surface area contributed by atoms with Gasteiger partial charge in [-0.2, -0.15) is 36.6 Å². The topological polar surface area (TPSA) is 262 Å². The Balaban J connectivity index is 1.27. The zero-order chi connectivity index (χ0) is 36.3. The van der Waals surface area contributed by atoms with E-state index in [0.717, 1.165) is 46.3 Å². The van der Waals surface area contributed by atoms with Crippen LogP contribution >= 0.6 is 0 Å². The normalized spacial score (nSPS) is 13.3. The van der Waals surface area contributed by atoms with Gasteiger partial charge in [-0.25, -0.2) is 8.42 Å². The maximum atomic E-state index is 13.8. The van der Waals surface area contributed by atoms with Gasteiger partial charge in [-0.1, -0.05) is 36.4 Å². The van der Waals surface area contributed by atoms with Gasteiger partial charge in [-0.3, -0.25) is 18.7 Å². The second-order valence-corrected chi connectivity index (χ2v) is 15.4. The van der Waals surface area contributed by atoms with E-state index in [4.69, 9.17) is 0 Å². The molecule has 21 heteroatoms. The molecule has 258 valence electrons. The molecule has 4 N–H and O–H groups in total. The third-order valence-electron chi connectivity index (χ3n) is 7.51. The molecule has 4 aromatic carbocycles. The molecule has 2 amide bonds. The number of anilines is 2. The summed E-state index contributed by atoms with van der Waals surface area (Å²) in [4.78, 5) is 25.4. The van der Waals surface area contributed by atoms with Crippen LogP contribution in [0.2, 0.25) is 0 Å². The molecular formula is C30H20N8O10S3. The molecule has 51 heavy (non-hydrogen) atoms. The lowest BCUT2D eigenvalue weighted by atomic mass is 10.0. The van der Waals surface area contributed by atoms with Crippen LogP contribution in [0.3, 0.4) is 0 Å². The third kappa shape index (κ3) is 6.15. The molecule has 6 aromatic rings. The molecule has 1 aliphatic rings. The van der Waals surface area contributed by atoms with Crippen molar-refractivity contribution in [1.29, 1.82) is 0 Å². The minimum absolute atomic E-state index is 0.297. The van der Waals surface area contributed by atoms with Gasteiger partial charge in [0.1, 0.15) is 9.79 Å². The third-order valence-corrected chi connectivity index (χ3v) is 11.1. The highest BCUT2D eigenvalue weighted by atomic mass is 32.2. The van der Waals surface area contributed by atoms with Crippen LogP contribution in [0, 0.1) is 0 Å². The summed E-state index contributed by atoms with van der Waals surface area (Å²) < 4.78 is 97.8. The summed E-state index contributed by atoms with van der Waals surface area (Å²) in [5.74, 6) is -2.03. The Morgan fingerprint density at radius 1 is 0.608 bits per heavy atom. The standard InChI is InChI=1S/C30H20N8O10S3/c39-29(23-15-31-37(35-23)17-7-3-1-4-8-17)33-21-13-25-19(11-27(21)50(43,44)45)20-12-28(51(46,47)48)22(14-26(20)49(25,41)42)34-30(40)24-16-32-38(36-24)18-9-5-2-6-10-18/h1-16H,(H,33,39)(H,34,40)(H,43,44,45)(H,46,47,48). The summed E-state index contributed by atoms with van der Waals surface area (Å²) in [7, 11) is -14.9. The Kier molecular flexibility index (Phi) is 7.87. The van der Waals surface area contributed by atoms with E-state index < -0.39 is 72.8 Å². The van der Waals surface area contributed by atoms with Gasteiger partial charge in [-0.05, 0) is 48.5 Å². The van der Waals surface area contributed by atoms with Crippen LogP contribution in [0.5, 0.6) is 0 Å². The van der Waals surface area contributed by atoms with Gasteiger partial charge < -0.3 is 10.6 Å². The second-order valence-electron chi connectivity index (χ2n) is 10.8. The molecule has 0 spiro atoms. The van der Waals surface area contributed by atoms with Crippen LogP contribution in [-0.2, 0) is 30.1 Å². The van der Waals surface area contributed by atoms with Crippen molar-refractivity contribution in [2.24, 2.45) is 0 Å². The number of para-hydroxylation sites is 2. The first-order chi connectivity index (χ1) is 24.1. The van der Waals surface area contributed by atoms with E-state index >= 15 is 0 Å². The van der Waals surface area contributed by atoms with Crippen molar-refractivity contribution in [1.82, 2.24) is 30.0 Å². The Hall–Kier alpha value is -6.13. The van der Waals surface area contributed by atoms with Gasteiger partial charge >= 0.3 is 0 Å². The molecule has 0 unspecified atom stereocenters. The molecule has 18 nitrogen and oxygen atoms in total. The molecule has 0 atom stereocenters. The van der Waals surface area contributed by atoms with Crippen LogP contribution in [0.1, 0.15) is 21.0 Å². The van der Waals surface area contributed by atoms with E-state index in [2.05, 4.69) is 31.0 Å². The molecule has 0 radical (unpaired) electrons. The number of hydrogen-bond acceptors (Lipinski definition) is 12. The van der Waals surface area contributed by atoms with Crippen molar-refractivity contribution in [3.63, 3.8) is 0 Å². The van der Waals surface area contributed by atoms with Crippen LogP contribution in [0.25, 0.3) is 22.5 Å². The predicted octanol–water partition coefficient (Wildman–Crippen LogP) is 2.66. The van der Waals surface area contributed by atoms with Gasteiger partial charge in [0.15, 0.2) is 11.4 Å². The van der Waals surface area contributed by atoms with Crippen molar-refractivity contribution < 1.29 is 43.9 Å². The van der Waals surface area contributed by atoms with Gasteiger partial charge in [-0.15, -0.1) is 10.2 Å². The summed E-state index contributed by atoms with van der Waals surface area (Å²) in [6.45, 7) is 0. The Bertz CT molecular complexity index is 2570. The number of fused-ring (bicyclic) bond motifs is 3. The molecule has 0 saturated carbocycles. The first-order valence-corrected chi connectivity index (χ1v) is 18.6. The van der Waals surface area contributed by atoms with Crippen LogP contribution in [0.15, 0.2) is 117 Å². The van der Waals surface area contributed by atoms with Gasteiger partial charge in [0.05, 0.1) is 44.9 Å². The molecule has 1 aliphatic heterocycles. The Morgan fingerprint density at radius 2 is 0.980 bits per heavy atom. The van der Waals surface area contributed by atoms with E-state index in [1.807, 2.05) is 0 Å². The summed E-state index contributed by atoms with van der Waals surface area (Å²) in [5, 5.41) is 20.5. The van der Waals surface area contributed by atoms with Crippen LogP contribution in [0.4, 0.5) is 11.4 Å². The monoisotopic (exact) mass is 748 g/mol. The van der Waals surface area contributed by atoms with E-state index in [9.17, 15) is 43.9 Å². The van der Waals surface area contributed by atoms with Crippen molar-refractivity contribution >= 4 is 53.3 Å². The van der Waals surface area contributed by atoms with Crippen LogP contribution < -0.4 is 10.6 Å². The van der Waals surface area contributed by atoms with Crippen molar-refractivity contribution in [3.05, 3.63) is 109 Å². The number of nitrogens with one attached hydrogen (secondary N) is 2. The number of amides is 2. The van der Waals surface area contributed by atoms with E-state index in [0.29, 0.717) is 11.4 Å². The summed E-state index contributed by atoms with van der Waals surface area (Å²) >= 11 is 0. The van der Waals surface area contributed by atoms with E-state index in [-0.39, 0.29) is 22.5 Å². The minimum Gasteiger partial charge on any atom is -0.319 e. The first kappa shape index (κ1) is 33.4. The van der Waals surface area contributed by atoms with E-state index in [1.54, 1.807) is 60.7 Å². The number of hydrogen-bond donors (Lipinski definition) is 4. The highest BCUT2D eigenvalue weighted by molar-refractivity contribution is 7.92. The summed E-state index contributed by atoms with van der Waals surface area (Å²) in [6, 6.07) is 19.9. The maximum Gasteiger partial charge on any atom is 0.296 e. The predicted molar refractivity (Wildman–Crippen MR) is 176 cm³/mol. The number of nitrogens with zero attached hydrogens (tertiary/aromatic N) is 6. The summed E-state index contributed by atoms with van der Waals surface area (Å²) in [6.07, 6.45) is 2.15.